The summed E-state index contributed by atoms with van der Waals surface area (Å²) in [5, 5.41) is 0. The summed E-state index contributed by atoms with van der Waals surface area (Å²) in [6.45, 7) is 6.36. The molecule has 4 nitrogen and oxygen atoms in total. The SMILES string of the molecule is CCOc1ccc(C(=O)OC(C)CCC=Nc2ccccc2)cc1C. The molecule has 0 aliphatic carbocycles. The van der Waals surface area contributed by atoms with Crippen molar-refractivity contribution in [3.63, 3.8) is 0 Å². The van der Waals surface area contributed by atoms with Crippen LogP contribution in [0.2, 0.25) is 0 Å². The van der Waals surface area contributed by atoms with E-state index in [-0.39, 0.29) is 12.1 Å². The minimum absolute atomic E-state index is 0.165. The number of hydrogen-bond donors (Lipinski definition) is 0. The second kappa shape index (κ2) is 9.62. The fourth-order valence-electron chi connectivity index (χ4n) is 2.40. The topological polar surface area (TPSA) is 47.9 Å². The van der Waals surface area contributed by atoms with E-state index in [9.17, 15) is 4.79 Å². The zero-order valence-electron chi connectivity index (χ0n) is 15.1. The number of para-hydroxylation sites is 1. The predicted octanol–water partition coefficient (Wildman–Crippen LogP) is 5.12. The van der Waals surface area contributed by atoms with Crippen LogP contribution in [0.25, 0.3) is 0 Å². The summed E-state index contributed by atoms with van der Waals surface area (Å²) in [4.78, 5) is 16.6. The molecule has 0 N–H and O–H groups in total. The van der Waals surface area contributed by atoms with Crippen LogP contribution in [0.15, 0.2) is 53.5 Å². The highest BCUT2D eigenvalue weighted by Gasteiger charge is 2.13. The van der Waals surface area contributed by atoms with Gasteiger partial charge >= 0.3 is 5.97 Å². The highest BCUT2D eigenvalue weighted by Crippen LogP contribution is 2.20. The molecule has 0 heterocycles. The molecule has 0 saturated carbocycles. The van der Waals surface area contributed by atoms with E-state index >= 15 is 0 Å². The number of esters is 1. The summed E-state index contributed by atoms with van der Waals surface area (Å²) in [6.07, 6.45) is 3.19. The fourth-order valence-corrected chi connectivity index (χ4v) is 2.40. The molecule has 0 spiro atoms. The van der Waals surface area contributed by atoms with E-state index in [4.69, 9.17) is 9.47 Å². The summed E-state index contributed by atoms with van der Waals surface area (Å²) in [6, 6.07) is 15.1. The molecule has 25 heavy (non-hydrogen) atoms. The number of hydrogen-bond acceptors (Lipinski definition) is 4. The molecule has 2 aromatic carbocycles. The lowest BCUT2D eigenvalue weighted by atomic mass is 10.1. The summed E-state index contributed by atoms with van der Waals surface area (Å²) < 4.78 is 11.0. The summed E-state index contributed by atoms with van der Waals surface area (Å²) in [5.74, 6) is 0.489. The monoisotopic (exact) mass is 339 g/mol. The van der Waals surface area contributed by atoms with Crippen molar-refractivity contribution in [1.29, 1.82) is 0 Å². The number of carbonyl (C=O) groups excluding carboxylic acids is 1. The average molecular weight is 339 g/mol. The normalized spacial score (nSPS) is 12.1. The second-order valence-electron chi connectivity index (χ2n) is 5.85. The number of carbonyl (C=O) groups is 1. The Labute approximate surface area is 149 Å². The molecule has 0 radical (unpaired) electrons. The molecule has 2 rings (SSSR count). The molecule has 0 aliphatic heterocycles. The summed E-state index contributed by atoms with van der Waals surface area (Å²) in [5.41, 5.74) is 2.40. The van der Waals surface area contributed by atoms with Gasteiger partial charge in [-0.1, -0.05) is 18.2 Å². The van der Waals surface area contributed by atoms with Crippen LogP contribution in [0.1, 0.15) is 42.6 Å². The van der Waals surface area contributed by atoms with Crippen molar-refractivity contribution in [1.82, 2.24) is 0 Å². The van der Waals surface area contributed by atoms with Crippen LogP contribution in [0.5, 0.6) is 5.75 Å². The van der Waals surface area contributed by atoms with Crippen molar-refractivity contribution >= 4 is 17.9 Å². The van der Waals surface area contributed by atoms with Crippen LogP contribution < -0.4 is 4.74 Å². The molecule has 0 aromatic heterocycles. The van der Waals surface area contributed by atoms with Gasteiger partial charge in [0, 0.05) is 6.21 Å². The lowest BCUT2D eigenvalue weighted by molar-refractivity contribution is 0.0329. The van der Waals surface area contributed by atoms with Crippen LogP contribution in [0, 0.1) is 6.92 Å². The van der Waals surface area contributed by atoms with Gasteiger partial charge in [-0.05, 0) is 69.5 Å². The van der Waals surface area contributed by atoms with Crippen molar-refractivity contribution in [2.24, 2.45) is 4.99 Å². The average Bonchev–Trinajstić information content (AvgIpc) is 2.61. The van der Waals surface area contributed by atoms with Crippen LogP contribution >= 0.6 is 0 Å². The smallest absolute Gasteiger partial charge is 0.338 e. The van der Waals surface area contributed by atoms with Crippen molar-refractivity contribution < 1.29 is 14.3 Å². The minimum atomic E-state index is -0.307. The van der Waals surface area contributed by atoms with E-state index in [1.807, 2.05) is 63.4 Å². The summed E-state index contributed by atoms with van der Waals surface area (Å²) in [7, 11) is 0. The molecule has 1 atom stereocenters. The van der Waals surface area contributed by atoms with Gasteiger partial charge in [-0.2, -0.15) is 0 Å². The first-order valence-electron chi connectivity index (χ1n) is 8.62. The maximum absolute atomic E-state index is 12.2. The Balaban J connectivity index is 1.81. The van der Waals surface area contributed by atoms with Gasteiger partial charge in [0.15, 0.2) is 0 Å². The van der Waals surface area contributed by atoms with Gasteiger partial charge in [0.2, 0.25) is 0 Å². The first-order valence-corrected chi connectivity index (χ1v) is 8.62. The minimum Gasteiger partial charge on any atom is -0.494 e. The predicted molar refractivity (Wildman–Crippen MR) is 101 cm³/mol. The standard InChI is InChI=1S/C21H25NO3/c1-4-24-20-13-12-18(15-16(20)2)21(23)25-17(3)9-8-14-22-19-10-6-5-7-11-19/h5-7,10-15,17H,4,8-9H2,1-3H3. The van der Waals surface area contributed by atoms with Gasteiger partial charge in [-0.25, -0.2) is 4.79 Å². The van der Waals surface area contributed by atoms with Gasteiger partial charge in [-0.15, -0.1) is 0 Å². The molecule has 132 valence electrons. The maximum atomic E-state index is 12.2. The van der Waals surface area contributed by atoms with Crippen LogP contribution in [0.3, 0.4) is 0 Å². The lowest BCUT2D eigenvalue weighted by Gasteiger charge is -2.13. The number of ether oxygens (including phenoxy) is 2. The third kappa shape index (κ3) is 6.07. The third-order valence-corrected chi connectivity index (χ3v) is 3.72. The van der Waals surface area contributed by atoms with Crippen molar-refractivity contribution in [2.45, 2.75) is 39.7 Å². The van der Waals surface area contributed by atoms with E-state index in [0.29, 0.717) is 12.2 Å². The third-order valence-electron chi connectivity index (χ3n) is 3.72. The molecule has 0 fully saturated rings. The fraction of sp³-hybridized carbons (Fsp3) is 0.333. The highest BCUT2D eigenvalue weighted by atomic mass is 16.5. The van der Waals surface area contributed by atoms with Crippen LogP contribution in [-0.4, -0.2) is 24.9 Å². The molecule has 4 heteroatoms. The maximum Gasteiger partial charge on any atom is 0.338 e. The van der Waals surface area contributed by atoms with E-state index < -0.39 is 0 Å². The molecule has 0 amide bonds. The molecule has 2 aromatic rings. The Bertz CT molecular complexity index is 710. The molecule has 0 bridgehead atoms. The number of aryl methyl sites for hydroxylation is 1. The molecule has 1 unspecified atom stereocenters. The van der Waals surface area contributed by atoms with Crippen LogP contribution in [-0.2, 0) is 4.74 Å². The number of rotatable bonds is 8. The Morgan fingerprint density at radius 1 is 1.20 bits per heavy atom. The van der Waals surface area contributed by atoms with Crippen LogP contribution in [0.4, 0.5) is 5.69 Å². The Kier molecular flexibility index (Phi) is 7.20. The van der Waals surface area contributed by atoms with E-state index in [2.05, 4.69) is 4.99 Å². The number of benzene rings is 2. The van der Waals surface area contributed by atoms with Gasteiger partial charge in [-0.3, -0.25) is 4.99 Å². The van der Waals surface area contributed by atoms with Gasteiger partial charge in [0.1, 0.15) is 5.75 Å². The quantitative estimate of drug-likeness (QED) is 0.495. The Morgan fingerprint density at radius 2 is 1.96 bits per heavy atom. The number of aliphatic imine (C=N–C) groups is 1. The zero-order chi connectivity index (χ0) is 18.1. The Morgan fingerprint density at radius 3 is 2.64 bits per heavy atom. The zero-order valence-corrected chi connectivity index (χ0v) is 15.1. The lowest BCUT2D eigenvalue weighted by Crippen LogP contribution is -2.15. The molecular formula is C21H25NO3. The van der Waals surface area contributed by atoms with Crippen molar-refractivity contribution in [3.05, 3.63) is 59.7 Å². The Hall–Kier alpha value is -2.62. The molecular weight excluding hydrogens is 314 g/mol. The van der Waals surface area contributed by atoms with Crippen molar-refractivity contribution in [3.8, 4) is 5.75 Å². The second-order valence-corrected chi connectivity index (χ2v) is 5.85. The first kappa shape index (κ1) is 18.7. The van der Waals surface area contributed by atoms with Crippen molar-refractivity contribution in [2.75, 3.05) is 6.61 Å². The first-order chi connectivity index (χ1) is 12.1. The van der Waals surface area contributed by atoms with Gasteiger partial charge < -0.3 is 9.47 Å². The molecule has 0 saturated heterocycles. The number of nitrogens with zero attached hydrogens (tertiary/aromatic N) is 1. The largest absolute Gasteiger partial charge is 0.494 e. The van der Waals surface area contributed by atoms with Gasteiger partial charge in [0.05, 0.1) is 24.0 Å². The summed E-state index contributed by atoms with van der Waals surface area (Å²) >= 11 is 0. The van der Waals surface area contributed by atoms with E-state index in [1.165, 1.54) is 0 Å². The molecule has 0 aliphatic rings. The van der Waals surface area contributed by atoms with Gasteiger partial charge in [0.25, 0.3) is 0 Å². The highest BCUT2D eigenvalue weighted by molar-refractivity contribution is 5.90. The van der Waals surface area contributed by atoms with E-state index in [0.717, 1.165) is 29.8 Å². The van der Waals surface area contributed by atoms with E-state index in [1.54, 1.807) is 12.1 Å².